The zero-order valence-electron chi connectivity index (χ0n) is 15.3. The Morgan fingerprint density at radius 2 is 1.81 bits per heavy atom. The lowest BCUT2D eigenvalue weighted by atomic mass is 10.1. The smallest absolute Gasteiger partial charge is 0.251 e. The predicted molar refractivity (Wildman–Crippen MR) is 102 cm³/mol. The van der Waals surface area contributed by atoms with Crippen molar-refractivity contribution in [3.05, 3.63) is 66.2 Å². The molecule has 0 heterocycles. The van der Waals surface area contributed by atoms with Crippen LogP contribution in [0.15, 0.2) is 55.1 Å². The molecule has 5 heteroatoms. The Bertz CT molecular complexity index is 725. The highest BCUT2D eigenvalue weighted by Crippen LogP contribution is 2.27. The van der Waals surface area contributed by atoms with Crippen molar-refractivity contribution in [2.75, 3.05) is 27.4 Å². The number of methoxy groups -OCH3 is 2. The lowest BCUT2D eigenvalue weighted by Crippen LogP contribution is -2.24. The van der Waals surface area contributed by atoms with Gasteiger partial charge in [0.1, 0.15) is 12.4 Å². The SMILES string of the molecule is C=CCOc1ccc(C(=O)NCCCc2ccc(OC)c(OC)c2)cc1. The van der Waals surface area contributed by atoms with E-state index in [1.54, 1.807) is 44.6 Å². The van der Waals surface area contributed by atoms with E-state index in [1.807, 2.05) is 18.2 Å². The first-order valence-electron chi connectivity index (χ1n) is 8.50. The predicted octanol–water partition coefficient (Wildman–Crippen LogP) is 3.63. The van der Waals surface area contributed by atoms with Crippen molar-refractivity contribution in [2.45, 2.75) is 12.8 Å². The summed E-state index contributed by atoms with van der Waals surface area (Å²) >= 11 is 0. The molecule has 2 aromatic rings. The van der Waals surface area contributed by atoms with Gasteiger partial charge in [-0.25, -0.2) is 0 Å². The minimum Gasteiger partial charge on any atom is -0.493 e. The van der Waals surface area contributed by atoms with Crippen molar-refractivity contribution in [1.82, 2.24) is 5.32 Å². The van der Waals surface area contributed by atoms with Gasteiger partial charge in [0, 0.05) is 12.1 Å². The van der Waals surface area contributed by atoms with Gasteiger partial charge in [-0.05, 0) is 54.8 Å². The Morgan fingerprint density at radius 3 is 2.46 bits per heavy atom. The second-order valence-electron chi connectivity index (χ2n) is 5.67. The van der Waals surface area contributed by atoms with Gasteiger partial charge >= 0.3 is 0 Å². The van der Waals surface area contributed by atoms with Gasteiger partial charge in [-0.1, -0.05) is 18.7 Å². The van der Waals surface area contributed by atoms with Crippen LogP contribution in [-0.2, 0) is 6.42 Å². The molecule has 2 rings (SSSR count). The number of benzene rings is 2. The van der Waals surface area contributed by atoms with E-state index in [2.05, 4.69) is 11.9 Å². The lowest BCUT2D eigenvalue weighted by Gasteiger charge is -2.10. The zero-order chi connectivity index (χ0) is 18.8. The van der Waals surface area contributed by atoms with Gasteiger partial charge in [-0.15, -0.1) is 0 Å². The zero-order valence-corrected chi connectivity index (χ0v) is 15.3. The Kier molecular flexibility index (Phi) is 7.55. The van der Waals surface area contributed by atoms with Crippen molar-refractivity contribution >= 4 is 5.91 Å². The van der Waals surface area contributed by atoms with Crippen LogP contribution in [0.4, 0.5) is 0 Å². The molecule has 0 saturated heterocycles. The number of nitrogens with one attached hydrogen (secondary N) is 1. The quantitative estimate of drug-likeness (QED) is 0.522. The molecule has 0 saturated carbocycles. The van der Waals surface area contributed by atoms with Crippen molar-refractivity contribution in [3.63, 3.8) is 0 Å². The standard InChI is InChI=1S/C21H25NO4/c1-4-14-26-18-10-8-17(9-11-18)21(23)22-13-5-6-16-7-12-19(24-2)20(15-16)25-3/h4,7-12,15H,1,5-6,13-14H2,2-3H3,(H,22,23). The van der Waals surface area contributed by atoms with Crippen molar-refractivity contribution < 1.29 is 19.0 Å². The molecule has 0 unspecified atom stereocenters. The fraction of sp³-hybridized carbons (Fsp3) is 0.286. The first kappa shape index (κ1) is 19.4. The van der Waals surface area contributed by atoms with E-state index in [0.29, 0.717) is 30.2 Å². The van der Waals surface area contributed by atoms with E-state index in [-0.39, 0.29) is 5.91 Å². The molecule has 1 amide bonds. The average molecular weight is 355 g/mol. The maximum atomic E-state index is 12.2. The maximum Gasteiger partial charge on any atom is 0.251 e. The van der Waals surface area contributed by atoms with Crippen LogP contribution in [0.2, 0.25) is 0 Å². The summed E-state index contributed by atoms with van der Waals surface area (Å²) in [5.74, 6) is 2.06. The highest BCUT2D eigenvalue weighted by Gasteiger charge is 2.07. The third kappa shape index (κ3) is 5.55. The highest BCUT2D eigenvalue weighted by atomic mass is 16.5. The van der Waals surface area contributed by atoms with E-state index in [9.17, 15) is 4.79 Å². The minimum absolute atomic E-state index is 0.0902. The molecule has 1 N–H and O–H groups in total. The summed E-state index contributed by atoms with van der Waals surface area (Å²) in [6, 6.07) is 12.9. The summed E-state index contributed by atoms with van der Waals surface area (Å²) < 4.78 is 15.9. The van der Waals surface area contributed by atoms with E-state index >= 15 is 0 Å². The van der Waals surface area contributed by atoms with E-state index in [1.165, 1.54) is 0 Å². The molecular formula is C21H25NO4. The normalized spacial score (nSPS) is 10.1. The summed E-state index contributed by atoms with van der Waals surface area (Å²) in [7, 11) is 3.24. The fourth-order valence-corrected chi connectivity index (χ4v) is 2.49. The fourth-order valence-electron chi connectivity index (χ4n) is 2.49. The van der Waals surface area contributed by atoms with Crippen LogP contribution in [0.3, 0.4) is 0 Å². The van der Waals surface area contributed by atoms with Crippen molar-refractivity contribution in [3.8, 4) is 17.2 Å². The van der Waals surface area contributed by atoms with E-state index in [0.717, 1.165) is 24.2 Å². The van der Waals surface area contributed by atoms with Crippen LogP contribution in [0, 0.1) is 0 Å². The van der Waals surface area contributed by atoms with Gasteiger partial charge in [0.25, 0.3) is 5.91 Å². The van der Waals surface area contributed by atoms with Crippen LogP contribution in [-0.4, -0.2) is 33.3 Å². The second-order valence-corrected chi connectivity index (χ2v) is 5.67. The molecule has 0 radical (unpaired) electrons. The van der Waals surface area contributed by atoms with Gasteiger partial charge in [0.15, 0.2) is 11.5 Å². The molecule has 0 atom stereocenters. The topological polar surface area (TPSA) is 56.8 Å². The van der Waals surface area contributed by atoms with Crippen molar-refractivity contribution in [1.29, 1.82) is 0 Å². The monoisotopic (exact) mass is 355 g/mol. The molecule has 0 aliphatic rings. The van der Waals surface area contributed by atoms with Crippen LogP contribution in [0.25, 0.3) is 0 Å². The van der Waals surface area contributed by atoms with Crippen LogP contribution < -0.4 is 19.5 Å². The van der Waals surface area contributed by atoms with Crippen LogP contribution in [0.5, 0.6) is 17.2 Å². The second kappa shape index (κ2) is 10.1. The molecule has 2 aromatic carbocycles. The molecule has 0 fully saturated rings. The summed E-state index contributed by atoms with van der Waals surface area (Å²) in [5, 5.41) is 2.93. The summed E-state index contributed by atoms with van der Waals surface area (Å²) in [5.41, 5.74) is 1.75. The van der Waals surface area contributed by atoms with E-state index < -0.39 is 0 Å². The third-order valence-electron chi connectivity index (χ3n) is 3.86. The Morgan fingerprint density at radius 1 is 1.08 bits per heavy atom. The molecule has 0 aromatic heterocycles. The van der Waals surface area contributed by atoms with Crippen LogP contribution in [0.1, 0.15) is 22.3 Å². The van der Waals surface area contributed by atoms with Crippen molar-refractivity contribution in [2.24, 2.45) is 0 Å². The maximum absolute atomic E-state index is 12.2. The lowest BCUT2D eigenvalue weighted by molar-refractivity contribution is 0.0953. The number of hydrogen-bond acceptors (Lipinski definition) is 4. The number of rotatable bonds is 10. The van der Waals surface area contributed by atoms with Crippen LogP contribution >= 0.6 is 0 Å². The van der Waals surface area contributed by atoms with Gasteiger partial charge in [0.2, 0.25) is 0 Å². The number of carbonyl (C=O) groups excluding carboxylic acids is 1. The molecule has 0 bridgehead atoms. The van der Waals surface area contributed by atoms with Gasteiger partial charge in [-0.2, -0.15) is 0 Å². The van der Waals surface area contributed by atoms with Gasteiger partial charge < -0.3 is 19.5 Å². The Balaban J connectivity index is 1.78. The largest absolute Gasteiger partial charge is 0.493 e. The third-order valence-corrected chi connectivity index (χ3v) is 3.86. The molecule has 26 heavy (non-hydrogen) atoms. The first-order chi connectivity index (χ1) is 12.7. The molecule has 0 spiro atoms. The number of carbonyl (C=O) groups is 1. The average Bonchev–Trinajstić information content (AvgIpc) is 2.69. The molecule has 0 aliphatic heterocycles. The summed E-state index contributed by atoms with van der Waals surface area (Å²) in [6.45, 7) is 4.65. The van der Waals surface area contributed by atoms with E-state index in [4.69, 9.17) is 14.2 Å². The number of aryl methyl sites for hydroxylation is 1. The Labute approximate surface area is 154 Å². The summed E-state index contributed by atoms with van der Waals surface area (Å²) in [6.07, 6.45) is 3.36. The molecule has 5 nitrogen and oxygen atoms in total. The van der Waals surface area contributed by atoms with Gasteiger partial charge in [0.05, 0.1) is 14.2 Å². The summed E-state index contributed by atoms with van der Waals surface area (Å²) in [4.78, 5) is 12.2. The number of amides is 1. The number of ether oxygens (including phenoxy) is 3. The number of hydrogen-bond donors (Lipinski definition) is 1. The molecule has 138 valence electrons. The molecular weight excluding hydrogens is 330 g/mol. The minimum atomic E-state index is -0.0902. The Hall–Kier alpha value is -2.95. The molecule has 0 aliphatic carbocycles. The first-order valence-corrected chi connectivity index (χ1v) is 8.50. The van der Waals surface area contributed by atoms with Gasteiger partial charge in [-0.3, -0.25) is 4.79 Å². The highest BCUT2D eigenvalue weighted by molar-refractivity contribution is 5.94.